The van der Waals surface area contributed by atoms with Crippen LogP contribution in [0.1, 0.15) is 61.4 Å². The molecular weight excluding hydrogens is 474 g/mol. The zero-order valence-electron chi connectivity index (χ0n) is 19.3. The lowest BCUT2D eigenvalue weighted by Gasteiger charge is -2.28. The second kappa shape index (κ2) is 10.1. The zero-order chi connectivity index (χ0) is 23.5. The Bertz CT molecular complexity index is 1020. The van der Waals surface area contributed by atoms with Crippen LogP contribution in [0.25, 0.3) is 11.1 Å². The van der Waals surface area contributed by atoms with Crippen LogP contribution in [0.3, 0.4) is 0 Å². The van der Waals surface area contributed by atoms with E-state index in [2.05, 4.69) is 27.0 Å². The summed E-state index contributed by atoms with van der Waals surface area (Å²) in [6, 6.07) is 6.12. The largest absolute Gasteiger partial charge is 0.493 e. The number of halogens is 1. The van der Waals surface area contributed by atoms with Crippen LogP contribution >= 0.6 is 15.9 Å². The van der Waals surface area contributed by atoms with Crippen LogP contribution in [0.5, 0.6) is 5.75 Å². The summed E-state index contributed by atoms with van der Waals surface area (Å²) >= 11 is 3.62. The molecule has 0 amide bonds. The Morgan fingerprint density at radius 2 is 2.09 bits per heavy atom. The summed E-state index contributed by atoms with van der Waals surface area (Å²) in [6.07, 6.45) is 3.00. The Morgan fingerprint density at radius 1 is 1.34 bits per heavy atom. The van der Waals surface area contributed by atoms with Gasteiger partial charge in [-0.15, -0.1) is 0 Å². The SMILES string of the molecule is Cc1nc(C=O)c(Br)c(-c2ccc3c(c2)CCCO3)c1CC(C)(C)OCC(=O)OC(C)C. The normalized spacial score (nSPS) is 13.5. The molecule has 0 aliphatic carbocycles. The van der Waals surface area contributed by atoms with Gasteiger partial charge in [-0.05, 0) is 92.2 Å². The van der Waals surface area contributed by atoms with Gasteiger partial charge >= 0.3 is 5.97 Å². The Morgan fingerprint density at radius 3 is 2.78 bits per heavy atom. The number of hydrogen-bond donors (Lipinski definition) is 0. The number of hydrogen-bond acceptors (Lipinski definition) is 6. The van der Waals surface area contributed by atoms with Crippen LogP contribution in [0.2, 0.25) is 0 Å². The standard InChI is InChI=1S/C25H30BrNO5/c1-15(2)32-22(29)14-31-25(4,5)12-19-16(3)27-20(13-28)24(26)23(19)18-8-9-21-17(11-18)7-6-10-30-21/h8-9,11,13,15H,6-7,10,12,14H2,1-5H3. The summed E-state index contributed by atoms with van der Waals surface area (Å²) < 4.78 is 17.5. The van der Waals surface area contributed by atoms with Crippen molar-refractivity contribution in [3.8, 4) is 16.9 Å². The number of fused-ring (bicyclic) bond motifs is 1. The molecule has 2 heterocycles. The topological polar surface area (TPSA) is 74.7 Å². The van der Waals surface area contributed by atoms with Crippen molar-refractivity contribution in [3.63, 3.8) is 0 Å². The Hall–Kier alpha value is -2.25. The van der Waals surface area contributed by atoms with Crippen molar-refractivity contribution in [2.45, 2.75) is 65.6 Å². The highest BCUT2D eigenvalue weighted by Gasteiger charge is 2.27. The smallest absolute Gasteiger partial charge is 0.332 e. The fourth-order valence-electron chi connectivity index (χ4n) is 3.88. The molecule has 2 aromatic rings. The Labute approximate surface area is 197 Å². The Kier molecular flexibility index (Phi) is 7.72. The van der Waals surface area contributed by atoms with Crippen molar-refractivity contribution in [1.29, 1.82) is 0 Å². The lowest BCUT2D eigenvalue weighted by atomic mass is 9.89. The maximum atomic E-state index is 12.0. The molecular formula is C25H30BrNO5. The van der Waals surface area contributed by atoms with Crippen molar-refractivity contribution < 1.29 is 23.8 Å². The predicted molar refractivity (Wildman–Crippen MR) is 126 cm³/mol. The van der Waals surface area contributed by atoms with Crippen molar-refractivity contribution in [2.24, 2.45) is 0 Å². The molecule has 0 saturated heterocycles. The van der Waals surface area contributed by atoms with Gasteiger partial charge in [0.1, 0.15) is 18.1 Å². The summed E-state index contributed by atoms with van der Waals surface area (Å²) in [5.41, 5.74) is 4.46. The number of esters is 1. The number of aromatic nitrogens is 1. The van der Waals surface area contributed by atoms with E-state index >= 15 is 0 Å². The van der Waals surface area contributed by atoms with Gasteiger partial charge in [-0.2, -0.15) is 0 Å². The first kappa shape index (κ1) is 24.4. The van der Waals surface area contributed by atoms with Crippen LogP contribution in [0.4, 0.5) is 0 Å². The molecule has 1 aromatic heterocycles. The number of pyridine rings is 1. The number of ether oxygens (including phenoxy) is 3. The second-order valence-corrected chi connectivity index (χ2v) is 9.70. The van der Waals surface area contributed by atoms with Gasteiger partial charge in [-0.1, -0.05) is 6.07 Å². The van der Waals surface area contributed by atoms with Gasteiger partial charge in [0.15, 0.2) is 6.29 Å². The van der Waals surface area contributed by atoms with E-state index in [4.69, 9.17) is 14.2 Å². The highest BCUT2D eigenvalue weighted by Crippen LogP contribution is 2.39. The monoisotopic (exact) mass is 503 g/mol. The highest BCUT2D eigenvalue weighted by atomic mass is 79.9. The van der Waals surface area contributed by atoms with E-state index in [1.165, 1.54) is 0 Å². The molecule has 1 aliphatic heterocycles. The van der Waals surface area contributed by atoms with Crippen molar-refractivity contribution >= 4 is 28.2 Å². The summed E-state index contributed by atoms with van der Waals surface area (Å²) in [5.74, 6) is 0.515. The second-order valence-electron chi connectivity index (χ2n) is 8.91. The van der Waals surface area contributed by atoms with Crippen LogP contribution in [-0.4, -0.2) is 42.2 Å². The highest BCUT2D eigenvalue weighted by molar-refractivity contribution is 9.10. The molecule has 1 aromatic carbocycles. The van der Waals surface area contributed by atoms with Crippen LogP contribution < -0.4 is 4.74 Å². The molecule has 0 fully saturated rings. The summed E-state index contributed by atoms with van der Waals surface area (Å²) in [5, 5.41) is 0. The molecule has 6 nitrogen and oxygen atoms in total. The maximum Gasteiger partial charge on any atom is 0.332 e. The zero-order valence-corrected chi connectivity index (χ0v) is 20.9. The first-order chi connectivity index (χ1) is 15.1. The molecule has 7 heteroatoms. The number of aldehydes is 1. The van der Waals surface area contributed by atoms with Crippen molar-refractivity contribution in [2.75, 3.05) is 13.2 Å². The maximum absolute atomic E-state index is 12.0. The molecule has 3 rings (SSSR count). The molecule has 0 saturated carbocycles. The lowest BCUT2D eigenvalue weighted by molar-refractivity contribution is -0.158. The minimum Gasteiger partial charge on any atom is -0.493 e. The number of carbonyl (C=O) groups excluding carboxylic acids is 2. The van der Waals surface area contributed by atoms with Crippen molar-refractivity contribution in [1.82, 2.24) is 4.98 Å². The van der Waals surface area contributed by atoms with Gasteiger partial charge in [-0.25, -0.2) is 9.78 Å². The predicted octanol–water partition coefficient (Wildman–Crippen LogP) is 5.25. The van der Waals surface area contributed by atoms with E-state index in [1.807, 2.05) is 32.9 Å². The van der Waals surface area contributed by atoms with E-state index < -0.39 is 11.6 Å². The molecule has 0 N–H and O–H groups in total. The average Bonchev–Trinajstić information content (AvgIpc) is 2.74. The molecule has 0 bridgehead atoms. The third-order valence-corrected chi connectivity index (χ3v) is 6.13. The summed E-state index contributed by atoms with van der Waals surface area (Å²) in [7, 11) is 0. The number of benzene rings is 1. The van der Waals surface area contributed by atoms with Crippen LogP contribution in [-0.2, 0) is 27.1 Å². The van der Waals surface area contributed by atoms with E-state index in [0.29, 0.717) is 16.6 Å². The number of aryl methyl sites for hydroxylation is 2. The summed E-state index contributed by atoms with van der Waals surface area (Å²) in [4.78, 5) is 28.1. The van der Waals surface area contributed by atoms with Gasteiger partial charge in [0.05, 0.1) is 22.8 Å². The third kappa shape index (κ3) is 5.75. The minimum atomic E-state index is -0.656. The average molecular weight is 504 g/mol. The van der Waals surface area contributed by atoms with Gasteiger partial charge in [0, 0.05) is 17.7 Å². The molecule has 0 atom stereocenters. The molecule has 172 valence electrons. The fraction of sp³-hybridized carbons (Fsp3) is 0.480. The van der Waals surface area contributed by atoms with Gasteiger partial charge in [0.25, 0.3) is 0 Å². The lowest BCUT2D eigenvalue weighted by Crippen LogP contribution is -2.32. The quantitative estimate of drug-likeness (QED) is 0.361. The van der Waals surface area contributed by atoms with Crippen LogP contribution in [0, 0.1) is 6.92 Å². The fourth-order valence-corrected chi connectivity index (χ4v) is 4.53. The first-order valence-electron chi connectivity index (χ1n) is 10.8. The molecule has 1 aliphatic rings. The van der Waals surface area contributed by atoms with Crippen molar-refractivity contribution in [3.05, 3.63) is 45.2 Å². The van der Waals surface area contributed by atoms with E-state index in [-0.39, 0.29) is 12.7 Å². The van der Waals surface area contributed by atoms with E-state index in [0.717, 1.165) is 59.4 Å². The van der Waals surface area contributed by atoms with Gasteiger partial charge < -0.3 is 14.2 Å². The molecule has 0 spiro atoms. The van der Waals surface area contributed by atoms with Crippen LogP contribution in [0.15, 0.2) is 22.7 Å². The Balaban J connectivity index is 1.98. The van der Waals surface area contributed by atoms with E-state index in [1.54, 1.807) is 13.8 Å². The van der Waals surface area contributed by atoms with Gasteiger partial charge in [-0.3, -0.25) is 4.79 Å². The summed E-state index contributed by atoms with van der Waals surface area (Å²) in [6.45, 7) is 9.97. The molecule has 0 unspecified atom stereocenters. The first-order valence-corrected chi connectivity index (χ1v) is 11.6. The number of rotatable bonds is 8. The third-order valence-electron chi connectivity index (χ3n) is 5.33. The molecule has 0 radical (unpaired) electrons. The number of nitrogens with zero attached hydrogens (tertiary/aromatic N) is 1. The molecule has 32 heavy (non-hydrogen) atoms. The number of carbonyl (C=O) groups is 2. The van der Waals surface area contributed by atoms with Gasteiger partial charge in [0.2, 0.25) is 0 Å². The minimum absolute atomic E-state index is 0.128. The van der Waals surface area contributed by atoms with E-state index in [9.17, 15) is 9.59 Å².